The van der Waals surface area contributed by atoms with Crippen LogP contribution in [-0.4, -0.2) is 19.8 Å². The van der Waals surface area contributed by atoms with Gasteiger partial charge in [-0.3, -0.25) is 0 Å². The largest absolute Gasteiger partial charge is 0.398 e. The van der Waals surface area contributed by atoms with E-state index in [0.717, 1.165) is 32.6 Å². The van der Waals surface area contributed by atoms with Gasteiger partial charge in [0.05, 0.1) is 0 Å². The molecule has 2 N–H and O–H groups in total. The summed E-state index contributed by atoms with van der Waals surface area (Å²) >= 11 is 1.55. The molecule has 4 rings (SSSR count). The molecule has 0 atom stereocenters. The van der Waals surface area contributed by atoms with Gasteiger partial charge in [-0.05, 0) is 38.3 Å². The minimum absolute atomic E-state index is 0.538. The van der Waals surface area contributed by atoms with Gasteiger partial charge in [-0.1, -0.05) is 23.0 Å². The van der Waals surface area contributed by atoms with Gasteiger partial charge in [-0.2, -0.15) is 9.61 Å². The van der Waals surface area contributed by atoms with E-state index in [2.05, 4.69) is 34.4 Å². The highest BCUT2D eigenvalue weighted by molar-refractivity contribution is 7.19. The highest BCUT2D eigenvalue weighted by Gasteiger charge is 2.30. The lowest BCUT2D eigenvalue weighted by molar-refractivity contribution is 0.828. The van der Waals surface area contributed by atoms with Gasteiger partial charge in [0.25, 0.3) is 0 Å². The molecular formula is C14H15N5S. The highest BCUT2D eigenvalue weighted by Crippen LogP contribution is 2.40. The highest BCUT2D eigenvalue weighted by atomic mass is 32.1. The fraction of sp³-hybridized carbons (Fsp3) is 0.357. The summed E-state index contributed by atoms with van der Waals surface area (Å²) in [4.78, 5) is 0.848. The molecule has 5 nitrogen and oxygen atoms in total. The van der Waals surface area contributed by atoms with Crippen LogP contribution in [0.1, 0.15) is 35.7 Å². The van der Waals surface area contributed by atoms with Crippen molar-refractivity contribution in [3.8, 4) is 10.6 Å². The summed E-state index contributed by atoms with van der Waals surface area (Å²) in [7, 11) is 0. The fourth-order valence-electron chi connectivity index (χ4n) is 2.49. The van der Waals surface area contributed by atoms with E-state index < -0.39 is 0 Å². The topological polar surface area (TPSA) is 69.1 Å². The summed E-state index contributed by atoms with van der Waals surface area (Å²) in [6.45, 7) is 4.10. The van der Waals surface area contributed by atoms with E-state index >= 15 is 0 Å². The Bertz CT molecular complexity index is 812. The maximum Gasteiger partial charge on any atom is 0.234 e. The molecule has 6 heteroatoms. The van der Waals surface area contributed by atoms with Crippen molar-refractivity contribution in [2.75, 3.05) is 5.73 Å². The van der Waals surface area contributed by atoms with Crippen molar-refractivity contribution in [1.82, 2.24) is 19.8 Å². The molecule has 0 radical (unpaired) electrons. The first-order valence-corrected chi connectivity index (χ1v) is 7.54. The van der Waals surface area contributed by atoms with Crippen molar-refractivity contribution in [2.45, 2.75) is 32.6 Å². The van der Waals surface area contributed by atoms with Gasteiger partial charge in [0.15, 0.2) is 5.82 Å². The molecule has 20 heavy (non-hydrogen) atoms. The van der Waals surface area contributed by atoms with Gasteiger partial charge in [-0.25, -0.2) is 0 Å². The number of rotatable bonds is 2. The van der Waals surface area contributed by atoms with Gasteiger partial charge >= 0.3 is 0 Å². The zero-order valence-electron chi connectivity index (χ0n) is 11.4. The molecule has 2 aromatic heterocycles. The Morgan fingerprint density at radius 3 is 2.80 bits per heavy atom. The molecule has 102 valence electrons. The third kappa shape index (κ3) is 1.71. The summed E-state index contributed by atoms with van der Waals surface area (Å²) < 4.78 is 1.88. The second-order valence-corrected chi connectivity index (χ2v) is 6.43. The standard InChI is InChI=1S/C14H15N5S/c1-7-5-8(2)11(15)10(6-7)13-18-19-12(9-3-4-9)16-17-14(19)20-13/h5-6,9H,3-4,15H2,1-2H3. The van der Waals surface area contributed by atoms with E-state index in [-0.39, 0.29) is 0 Å². The second-order valence-electron chi connectivity index (χ2n) is 5.48. The quantitative estimate of drug-likeness (QED) is 0.735. The van der Waals surface area contributed by atoms with Crippen LogP contribution in [0.5, 0.6) is 0 Å². The molecule has 2 heterocycles. The van der Waals surface area contributed by atoms with Crippen molar-refractivity contribution in [3.63, 3.8) is 0 Å². The van der Waals surface area contributed by atoms with E-state index in [0.29, 0.717) is 5.92 Å². The molecule has 0 bridgehead atoms. The number of aromatic nitrogens is 4. The number of benzene rings is 1. The Labute approximate surface area is 120 Å². The molecule has 0 saturated heterocycles. The average molecular weight is 285 g/mol. The SMILES string of the molecule is Cc1cc(C)c(N)c(-c2nn3c(C4CC4)nnc3s2)c1. The molecule has 3 aromatic rings. The number of aryl methyl sites for hydroxylation is 2. The number of nitrogens with two attached hydrogens (primary N) is 1. The van der Waals surface area contributed by atoms with Crippen molar-refractivity contribution in [1.29, 1.82) is 0 Å². The average Bonchev–Trinajstić information content (AvgIpc) is 3.03. The summed E-state index contributed by atoms with van der Waals surface area (Å²) in [5.74, 6) is 1.53. The van der Waals surface area contributed by atoms with Crippen LogP contribution >= 0.6 is 11.3 Å². The number of nitrogen functional groups attached to an aromatic ring is 1. The van der Waals surface area contributed by atoms with Gasteiger partial charge in [0.1, 0.15) is 5.01 Å². The van der Waals surface area contributed by atoms with Crippen LogP contribution < -0.4 is 5.73 Å². The van der Waals surface area contributed by atoms with Crippen LogP contribution in [0.2, 0.25) is 0 Å². The summed E-state index contributed by atoms with van der Waals surface area (Å²) in [6, 6.07) is 4.18. The number of fused-ring (bicyclic) bond motifs is 1. The van der Waals surface area contributed by atoms with E-state index in [9.17, 15) is 0 Å². The molecule has 1 fully saturated rings. The molecule has 1 aliphatic rings. The molecule has 0 unspecified atom stereocenters. The molecule has 0 aliphatic heterocycles. The molecule has 1 saturated carbocycles. The molecular weight excluding hydrogens is 270 g/mol. The maximum absolute atomic E-state index is 6.21. The lowest BCUT2D eigenvalue weighted by atomic mass is 10.1. The Morgan fingerprint density at radius 1 is 1.25 bits per heavy atom. The summed E-state index contributed by atoms with van der Waals surface area (Å²) in [6.07, 6.45) is 2.39. The van der Waals surface area contributed by atoms with E-state index in [1.807, 2.05) is 11.4 Å². The first-order chi connectivity index (χ1) is 9.63. The summed E-state index contributed by atoms with van der Waals surface area (Å²) in [5.41, 5.74) is 10.3. The van der Waals surface area contributed by atoms with Crippen molar-refractivity contribution >= 4 is 22.0 Å². The van der Waals surface area contributed by atoms with Gasteiger partial charge in [0, 0.05) is 17.2 Å². The monoisotopic (exact) mass is 285 g/mol. The number of hydrogen-bond acceptors (Lipinski definition) is 5. The van der Waals surface area contributed by atoms with Crippen LogP contribution in [0.4, 0.5) is 5.69 Å². The number of anilines is 1. The Morgan fingerprint density at radius 2 is 2.05 bits per heavy atom. The molecule has 1 aromatic carbocycles. The fourth-order valence-corrected chi connectivity index (χ4v) is 3.37. The number of hydrogen-bond donors (Lipinski definition) is 1. The molecule has 1 aliphatic carbocycles. The Balaban J connectivity index is 1.90. The van der Waals surface area contributed by atoms with E-state index in [1.165, 1.54) is 18.4 Å². The Hall–Kier alpha value is -1.95. The van der Waals surface area contributed by atoms with Crippen LogP contribution in [0.25, 0.3) is 15.5 Å². The first kappa shape index (κ1) is 11.8. The third-order valence-electron chi connectivity index (χ3n) is 3.72. The third-order valence-corrected chi connectivity index (χ3v) is 4.65. The zero-order valence-corrected chi connectivity index (χ0v) is 12.2. The Kier molecular flexibility index (Phi) is 2.38. The minimum Gasteiger partial charge on any atom is -0.398 e. The number of nitrogens with zero attached hydrogens (tertiary/aromatic N) is 4. The predicted octanol–water partition coefficient (Wildman–Crippen LogP) is 2.93. The van der Waals surface area contributed by atoms with Gasteiger partial charge < -0.3 is 5.73 Å². The van der Waals surface area contributed by atoms with Gasteiger partial charge in [-0.15, -0.1) is 10.2 Å². The zero-order chi connectivity index (χ0) is 13.9. The van der Waals surface area contributed by atoms with Gasteiger partial charge in [0.2, 0.25) is 4.96 Å². The lowest BCUT2D eigenvalue weighted by Crippen LogP contribution is -1.97. The van der Waals surface area contributed by atoms with Crippen molar-refractivity contribution in [2.24, 2.45) is 0 Å². The molecule has 0 amide bonds. The lowest BCUT2D eigenvalue weighted by Gasteiger charge is -2.07. The van der Waals surface area contributed by atoms with Crippen LogP contribution in [0.3, 0.4) is 0 Å². The van der Waals surface area contributed by atoms with Crippen molar-refractivity contribution < 1.29 is 0 Å². The van der Waals surface area contributed by atoms with Crippen LogP contribution in [0, 0.1) is 13.8 Å². The summed E-state index contributed by atoms with van der Waals surface area (Å²) in [5, 5.41) is 14.1. The molecule has 0 spiro atoms. The second kappa shape index (κ2) is 4.02. The maximum atomic E-state index is 6.21. The van der Waals surface area contributed by atoms with Crippen LogP contribution in [-0.2, 0) is 0 Å². The van der Waals surface area contributed by atoms with Crippen LogP contribution in [0.15, 0.2) is 12.1 Å². The van der Waals surface area contributed by atoms with E-state index in [1.54, 1.807) is 11.3 Å². The predicted molar refractivity (Wildman–Crippen MR) is 80.0 cm³/mol. The first-order valence-electron chi connectivity index (χ1n) is 6.72. The van der Waals surface area contributed by atoms with E-state index in [4.69, 9.17) is 5.73 Å². The smallest absolute Gasteiger partial charge is 0.234 e. The van der Waals surface area contributed by atoms with Crippen molar-refractivity contribution in [3.05, 3.63) is 29.1 Å². The minimum atomic E-state index is 0.538. The normalized spacial score (nSPS) is 15.1.